The minimum atomic E-state index is -1.39. The third kappa shape index (κ3) is 3.32. The number of hydrogen-bond acceptors (Lipinski definition) is 1. The van der Waals surface area contributed by atoms with E-state index >= 15 is 4.39 Å². The zero-order valence-electron chi connectivity index (χ0n) is 15.3. The standard InChI is InChI=1S/C22H24FN2O/c1-22(2)24(3)21(26)20(19(23)18-14-8-5-9-15-18)25(22)16-10-13-17-11-6-4-7-12-17/h4-16,19-20H,1-3H3/q+1/b13-10+,25-16-/t19-,20?/m1/s1. The largest absolute Gasteiger partial charge is 0.299 e. The van der Waals surface area contributed by atoms with Gasteiger partial charge in [-0.1, -0.05) is 60.7 Å². The molecule has 1 unspecified atom stereocenters. The average Bonchev–Trinajstić information content (AvgIpc) is 2.83. The van der Waals surface area contributed by atoms with E-state index in [1.54, 1.807) is 36.2 Å². The van der Waals surface area contributed by atoms with Crippen LogP contribution in [0.15, 0.2) is 66.7 Å². The molecule has 1 aliphatic rings. The van der Waals surface area contributed by atoms with Gasteiger partial charge in [-0.25, -0.2) is 4.39 Å². The van der Waals surface area contributed by atoms with Crippen LogP contribution in [0.25, 0.3) is 6.08 Å². The predicted octanol–water partition coefficient (Wildman–Crippen LogP) is 4.07. The maximum atomic E-state index is 15.3. The van der Waals surface area contributed by atoms with Crippen molar-refractivity contribution in [2.45, 2.75) is 31.7 Å². The predicted molar refractivity (Wildman–Crippen MR) is 103 cm³/mol. The Labute approximate surface area is 154 Å². The number of amides is 1. The molecule has 2 atom stereocenters. The molecule has 0 spiro atoms. The van der Waals surface area contributed by atoms with Crippen LogP contribution in [0.1, 0.15) is 31.1 Å². The minimum Gasteiger partial charge on any atom is -0.280 e. The second-order valence-corrected chi connectivity index (χ2v) is 6.98. The number of allylic oxidation sites excluding steroid dienone is 1. The van der Waals surface area contributed by atoms with Crippen molar-refractivity contribution >= 4 is 18.2 Å². The van der Waals surface area contributed by atoms with E-state index in [1.807, 2.05) is 73.2 Å². The molecular formula is C22H24FN2O+. The fourth-order valence-electron chi connectivity index (χ4n) is 3.27. The van der Waals surface area contributed by atoms with Crippen LogP contribution in [0.4, 0.5) is 4.39 Å². The number of nitrogens with zero attached hydrogens (tertiary/aromatic N) is 2. The molecule has 0 N–H and O–H groups in total. The third-order valence-corrected chi connectivity index (χ3v) is 5.07. The maximum absolute atomic E-state index is 15.3. The van der Waals surface area contributed by atoms with Crippen molar-refractivity contribution in [1.82, 2.24) is 4.90 Å². The normalized spacial score (nSPS) is 22.3. The zero-order valence-corrected chi connectivity index (χ0v) is 15.3. The van der Waals surface area contributed by atoms with E-state index in [-0.39, 0.29) is 5.91 Å². The summed E-state index contributed by atoms with van der Waals surface area (Å²) in [5.41, 5.74) is 0.960. The Morgan fingerprint density at radius 2 is 1.65 bits per heavy atom. The van der Waals surface area contributed by atoms with Gasteiger partial charge in [0.15, 0.2) is 12.4 Å². The Hall–Kier alpha value is -2.75. The van der Waals surface area contributed by atoms with E-state index in [9.17, 15) is 4.79 Å². The lowest BCUT2D eigenvalue weighted by atomic mass is 10.0. The van der Waals surface area contributed by atoms with E-state index in [0.717, 1.165) is 5.56 Å². The van der Waals surface area contributed by atoms with Gasteiger partial charge in [0.25, 0.3) is 11.9 Å². The number of alkyl halides is 1. The molecule has 0 aliphatic carbocycles. The summed E-state index contributed by atoms with van der Waals surface area (Å²) in [6.45, 7) is 3.85. The quantitative estimate of drug-likeness (QED) is 0.762. The second kappa shape index (κ2) is 7.24. The first-order valence-corrected chi connectivity index (χ1v) is 8.74. The number of likely N-dealkylation sites (N-methyl/N-ethyl adjacent to an activating group) is 1. The van der Waals surface area contributed by atoms with Gasteiger partial charge in [-0.3, -0.25) is 9.69 Å². The van der Waals surface area contributed by atoms with Crippen molar-refractivity contribution in [3.8, 4) is 0 Å². The zero-order chi connectivity index (χ0) is 18.7. The molecule has 0 saturated carbocycles. The van der Waals surface area contributed by atoms with Gasteiger partial charge in [0.2, 0.25) is 5.66 Å². The molecule has 1 heterocycles. The molecule has 4 heteroatoms. The second-order valence-electron chi connectivity index (χ2n) is 6.98. The molecular weight excluding hydrogens is 327 g/mol. The van der Waals surface area contributed by atoms with E-state index in [4.69, 9.17) is 0 Å². The first kappa shape index (κ1) is 18.1. The average molecular weight is 351 g/mol. The molecule has 2 aromatic rings. The third-order valence-electron chi connectivity index (χ3n) is 5.07. The van der Waals surface area contributed by atoms with Gasteiger partial charge in [0.1, 0.15) is 0 Å². The summed E-state index contributed by atoms with van der Waals surface area (Å²) in [4.78, 5) is 14.4. The highest BCUT2D eigenvalue weighted by Crippen LogP contribution is 2.34. The van der Waals surface area contributed by atoms with Crippen LogP contribution in [0.2, 0.25) is 0 Å². The van der Waals surface area contributed by atoms with Gasteiger partial charge in [-0.15, -0.1) is 0 Å². The van der Waals surface area contributed by atoms with Crippen LogP contribution in [-0.4, -0.2) is 40.3 Å². The lowest BCUT2D eigenvalue weighted by Crippen LogP contribution is -2.43. The Balaban J connectivity index is 1.96. The highest BCUT2D eigenvalue weighted by molar-refractivity contribution is 5.85. The molecule has 134 valence electrons. The smallest absolute Gasteiger partial charge is 0.280 e. The lowest BCUT2D eigenvalue weighted by Gasteiger charge is -2.22. The van der Waals surface area contributed by atoms with Gasteiger partial charge >= 0.3 is 0 Å². The lowest BCUT2D eigenvalue weighted by molar-refractivity contribution is -0.622. The highest BCUT2D eigenvalue weighted by Gasteiger charge is 2.57. The van der Waals surface area contributed by atoms with Crippen LogP contribution >= 0.6 is 0 Å². The van der Waals surface area contributed by atoms with Crippen molar-refractivity contribution in [3.05, 3.63) is 77.9 Å². The van der Waals surface area contributed by atoms with Crippen LogP contribution in [-0.2, 0) is 4.79 Å². The number of hydrogen-bond donors (Lipinski definition) is 0. The first-order chi connectivity index (χ1) is 12.4. The summed E-state index contributed by atoms with van der Waals surface area (Å²) < 4.78 is 17.1. The summed E-state index contributed by atoms with van der Waals surface area (Å²) in [5.74, 6) is -0.212. The van der Waals surface area contributed by atoms with Crippen molar-refractivity contribution in [2.75, 3.05) is 7.05 Å². The molecule has 0 radical (unpaired) electrons. The fourth-order valence-corrected chi connectivity index (χ4v) is 3.27. The van der Waals surface area contributed by atoms with Crippen molar-refractivity contribution in [2.24, 2.45) is 0 Å². The Morgan fingerprint density at radius 3 is 2.27 bits per heavy atom. The Morgan fingerprint density at radius 1 is 1.08 bits per heavy atom. The summed E-state index contributed by atoms with van der Waals surface area (Å²) in [5, 5.41) is 0. The number of carbonyl (C=O) groups excluding carboxylic acids is 1. The molecule has 0 aromatic heterocycles. The molecule has 1 fully saturated rings. The highest BCUT2D eigenvalue weighted by atomic mass is 19.1. The monoisotopic (exact) mass is 351 g/mol. The summed E-state index contributed by atoms with van der Waals surface area (Å²) in [6, 6.07) is 17.9. The van der Waals surface area contributed by atoms with Crippen molar-refractivity contribution in [3.63, 3.8) is 0 Å². The number of carbonyl (C=O) groups is 1. The topological polar surface area (TPSA) is 23.3 Å². The number of rotatable bonds is 4. The Kier molecular flexibility index (Phi) is 5.03. The maximum Gasteiger partial charge on any atom is 0.299 e. The number of halogens is 1. The molecule has 3 rings (SSSR count). The van der Waals surface area contributed by atoms with Crippen molar-refractivity contribution in [1.29, 1.82) is 0 Å². The SMILES string of the molecule is CN1C(=O)C([C@H](F)c2ccccc2)/[N+](=C/C=C/c2ccccc2)C1(C)C. The van der Waals surface area contributed by atoms with Gasteiger partial charge < -0.3 is 0 Å². The van der Waals surface area contributed by atoms with Crippen LogP contribution in [0.3, 0.4) is 0 Å². The first-order valence-electron chi connectivity index (χ1n) is 8.74. The fraction of sp³-hybridized carbons (Fsp3) is 0.273. The van der Waals surface area contributed by atoms with E-state index in [1.165, 1.54) is 0 Å². The molecule has 3 nitrogen and oxygen atoms in total. The van der Waals surface area contributed by atoms with Gasteiger partial charge in [0, 0.05) is 27.0 Å². The van der Waals surface area contributed by atoms with Gasteiger partial charge in [-0.05, 0) is 17.2 Å². The molecule has 1 amide bonds. The molecule has 0 bridgehead atoms. The summed E-state index contributed by atoms with van der Waals surface area (Å²) in [7, 11) is 1.72. The minimum absolute atomic E-state index is 0.212. The van der Waals surface area contributed by atoms with Crippen molar-refractivity contribution < 1.29 is 13.8 Å². The van der Waals surface area contributed by atoms with E-state index in [2.05, 4.69) is 0 Å². The van der Waals surface area contributed by atoms with Gasteiger partial charge in [0.05, 0.1) is 0 Å². The van der Waals surface area contributed by atoms with Crippen LogP contribution < -0.4 is 0 Å². The molecule has 1 aliphatic heterocycles. The van der Waals surface area contributed by atoms with Crippen LogP contribution in [0, 0.1) is 0 Å². The Bertz CT molecular complexity index is 828. The number of benzene rings is 2. The summed E-state index contributed by atoms with van der Waals surface area (Å²) >= 11 is 0. The molecule has 26 heavy (non-hydrogen) atoms. The molecule has 1 saturated heterocycles. The van der Waals surface area contributed by atoms with Gasteiger partial charge in [-0.2, -0.15) is 4.58 Å². The summed E-state index contributed by atoms with van der Waals surface area (Å²) in [6.07, 6.45) is 4.24. The molecule has 2 aromatic carbocycles. The van der Waals surface area contributed by atoms with E-state index < -0.39 is 17.9 Å². The van der Waals surface area contributed by atoms with Crippen LogP contribution in [0.5, 0.6) is 0 Å². The van der Waals surface area contributed by atoms with E-state index in [0.29, 0.717) is 5.56 Å².